The minimum Gasteiger partial charge on any atom is -0.462 e. The molecule has 0 spiro atoms. The van der Waals surface area contributed by atoms with Crippen molar-refractivity contribution < 1.29 is 4.42 Å². The van der Waals surface area contributed by atoms with Gasteiger partial charge in [0.25, 0.3) is 0 Å². The van der Waals surface area contributed by atoms with Crippen LogP contribution in [0.15, 0.2) is 59.0 Å². The molecule has 0 bridgehead atoms. The van der Waals surface area contributed by atoms with Crippen LogP contribution in [0.3, 0.4) is 0 Å². The Morgan fingerprint density at radius 1 is 0.889 bits per heavy atom. The molecule has 1 heteroatoms. The first-order chi connectivity index (χ1) is 13.2. The molecule has 0 atom stereocenters. The van der Waals surface area contributed by atoms with Gasteiger partial charge in [-0.15, -0.1) is 0 Å². The molecule has 0 amide bonds. The first kappa shape index (κ1) is 17.9. The van der Waals surface area contributed by atoms with E-state index >= 15 is 0 Å². The predicted molar refractivity (Wildman–Crippen MR) is 115 cm³/mol. The second kappa shape index (κ2) is 8.00. The smallest absolute Gasteiger partial charge is 0.130 e. The van der Waals surface area contributed by atoms with Crippen molar-refractivity contribution in [3.05, 3.63) is 82.8 Å². The highest BCUT2D eigenvalue weighted by Crippen LogP contribution is 2.38. The fourth-order valence-corrected chi connectivity index (χ4v) is 3.99. The molecule has 3 aromatic rings. The number of rotatable bonds is 7. The SMILES string of the molecule is CCCCCCc1ccc(-c2cccc3c2C=C(c2ccc(C)o2)C3)cc1. The van der Waals surface area contributed by atoms with Crippen LogP contribution >= 0.6 is 0 Å². The number of hydrogen-bond acceptors (Lipinski definition) is 1. The number of furan rings is 1. The highest BCUT2D eigenvalue weighted by Gasteiger charge is 2.19. The molecule has 1 aliphatic carbocycles. The highest BCUT2D eigenvalue weighted by molar-refractivity contribution is 5.92. The Labute approximate surface area is 162 Å². The van der Waals surface area contributed by atoms with Gasteiger partial charge in [-0.1, -0.05) is 68.7 Å². The third-order valence-electron chi connectivity index (χ3n) is 5.54. The number of hydrogen-bond donors (Lipinski definition) is 0. The van der Waals surface area contributed by atoms with Crippen LogP contribution < -0.4 is 0 Å². The Bertz CT molecular complexity index is 941. The third-order valence-corrected chi connectivity index (χ3v) is 5.54. The Balaban J connectivity index is 1.56. The van der Waals surface area contributed by atoms with Gasteiger partial charge in [0, 0.05) is 6.42 Å². The first-order valence-electron chi connectivity index (χ1n) is 10.2. The van der Waals surface area contributed by atoms with Crippen molar-refractivity contribution in [2.45, 2.75) is 52.4 Å². The van der Waals surface area contributed by atoms with Gasteiger partial charge in [0.05, 0.1) is 0 Å². The molecule has 0 radical (unpaired) electrons. The van der Waals surface area contributed by atoms with Gasteiger partial charge in [-0.05, 0) is 71.4 Å². The quantitative estimate of drug-likeness (QED) is 0.400. The summed E-state index contributed by atoms with van der Waals surface area (Å²) >= 11 is 0. The van der Waals surface area contributed by atoms with E-state index in [0.717, 1.165) is 17.9 Å². The first-order valence-corrected chi connectivity index (χ1v) is 10.2. The second-order valence-electron chi connectivity index (χ2n) is 7.64. The van der Waals surface area contributed by atoms with Crippen molar-refractivity contribution in [3.63, 3.8) is 0 Å². The van der Waals surface area contributed by atoms with E-state index in [4.69, 9.17) is 4.42 Å². The van der Waals surface area contributed by atoms with Crippen LogP contribution in [-0.4, -0.2) is 0 Å². The minimum atomic E-state index is 0.950. The fourth-order valence-electron chi connectivity index (χ4n) is 3.99. The minimum absolute atomic E-state index is 0.950. The highest BCUT2D eigenvalue weighted by atomic mass is 16.3. The van der Waals surface area contributed by atoms with Gasteiger partial charge in [-0.25, -0.2) is 0 Å². The van der Waals surface area contributed by atoms with Crippen LogP contribution in [0.1, 0.15) is 60.8 Å². The molecule has 0 saturated carbocycles. The van der Waals surface area contributed by atoms with Crippen molar-refractivity contribution in [2.75, 3.05) is 0 Å². The topological polar surface area (TPSA) is 13.1 Å². The summed E-state index contributed by atoms with van der Waals surface area (Å²) in [5, 5.41) is 0. The molecule has 2 aromatic carbocycles. The van der Waals surface area contributed by atoms with Gasteiger partial charge in [-0.3, -0.25) is 0 Å². The molecule has 1 aromatic heterocycles. The van der Waals surface area contributed by atoms with E-state index < -0.39 is 0 Å². The average molecular weight is 357 g/mol. The van der Waals surface area contributed by atoms with Crippen LogP contribution in [0.5, 0.6) is 0 Å². The van der Waals surface area contributed by atoms with Crippen LogP contribution in [0.2, 0.25) is 0 Å². The normalized spacial score (nSPS) is 12.9. The number of aryl methyl sites for hydroxylation is 2. The predicted octanol–water partition coefficient (Wildman–Crippen LogP) is 7.47. The van der Waals surface area contributed by atoms with E-state index in [1.807, 2.05) is 13.0 Å². The van der Waals surface area contributed by atoms with Crippen molar-refractivity contribution in [2.24, 2.45) is 0 Å². The van der Waals surface area contributed by atoms with Crippen molar-refractivity contribution in [3.8, 4) is 11.1 Å². The summed E-state index contributed by atoms with van der Waals surface area (Å²) in [6.45, 7) is 4.27. The fraction of sp³-hybridized carbons (Fsp3) is 0.308. The monoisotopic (exact) mass is 356 g/mol. The largest absolute Gasteiger partial charge is 0.462 e. The lowest BCUT2D eigenvalue weighted by Crippen LogP contribution is -1.89. The Hall–Kier alpha value is -2.54. The van der Waals surface area contributed by atoms with E-state index in [9.17, 15) is 0 Å². The molecular weight excluding hydrogens is 328 g/mol. The van der Waals surface area contributed by atoms with Gasteiger partial charge in [-0.2, -0.15) is 0 Å². The molecule has 0 saturated heterocycles. The lowest BCUT2D eigenvalue weighted by Gasteiger charge is -2.09. The summed E-state index contributed by atoms with van der Waals surface area (Å²) in [7, 11) is 0. The van der Waals surface area contributed by atoms with Crippen molar-refractivity contribution in [1.82, 2.24) is 0 Å². The third kappa shape index (κ3) is 3.93. The van der Waals surface area contributed by atoms with Crippen LogP contribution in [0.4, 0.5) is 0 Å². The lowest BCUT2D eigenvalue weighted by atomic mass is 9.95. The number of benzene rings is 2. The van der Waals surface area contributed by atoms with Crippen LogP contribution in [0.25, 0.3) is 22.8 Å². The van der Waals surface area contributed by atoms with Gasteiger partial charge in [0.2, 0.25) is 0 Å². The molecule has 27 heavy (non-hydrogen) atoms. The van der Waals surface area contributed by atoms with E-state index in [1.165, 1.54) is 65.5 Å². The Kier molecular flexibility index (Phi) is 5.29. The second-order valence-corrected chi connectivity index (χ2v) is 7.64. The Morgan fingerprint density at radius 3 is 2.48 bits per heavy atom. The lowest BCUT2D eigenvalue weighted by molar-refractivity contribution is 0.521. The summed E-state index contributed by atoms with van der Waals surface area (Å²) in [4.78, 5) is 0. The maximum Gasteiger partial charge on any atom is 0.130 e. The summed E-state index contributed by atoms with van der Waals surface area (Å²) in [6.07, 6.45) is 9.72. The van der Waals surface area contributed by atoms with Gasteiger partial charge < -0.3 is 4.42 Å². The Morgan fingerprint density at radius 2 is 1.74 bits per heavy atom. The molecule has 1 aliphatic rings. The zero-order chi connectivity index (χ0) is 18.6. The van der Waals surface area contributed by atoms with Crippen molar-refractivity contribution in [1.29, 1.82) is 0 Å². The van der Waals surface area contributed by atoms with E-state index in [2.05, 4.69) is 61.5 Å². The molecule has 0 N–H and O–H groups in total. The van der Waals surface area contributed by atoms with Gasteiger partial charge >= 0.3 is 0 Å². The zero-order valence-electron chi connectivity index (χ0n) is 16.4. The molecule has 0 unspecified atom stereocenters. The van der Waals surface area contributed by atoms with E-state index in [0.29, 0.717) is 0 Å². The number of fused-ring (bicyclic) bond motifs is 1. The average Bonchev–Trinajstić information content (AvgIpc) is 3.31. The molecule has 0 aliphatic heterocycles. The molecule has 4 rings (SSSR count). The zero-order valence-corrected chi connectivity index (χ0v) is 16.4. The summed E-state index contributed by atoms with van der Waals surface area (Å²) in [6, 6.07) is 20.0. The number of allylic oxidation sites excluding steroid dienone is 1. The molecule has 0 fully saturated rings. The molecule has 138 valence electrons. The maximum atomic E-state index is 5.85. The summed E-state index contributed by atoms with van der Waals surface area (Å²) < 4.78 is 5.85. The number of unbranched alkanes of at least 4 members (excludes halogenated alkanes) is 3. The molecule has 1 heterocycles. The van der Waals surface area contributed by atoms with Crippen LogP contribution in [-0.2, 0) is 12.8 Å². The maximum absolute atomic E-state index is 5.85. The van der Waals surface area contributed by atoms with Gasteiger partial charge in [0.1, 0.15) is 11.5 Å². The van der Waals surface area contributed by atoms with E-state index in [-0.39, 0.29) is 0 Å². The van der Waals surface area contributed by atoms with Crippen molar-refractivity contribution >= 4 is 11.6 Å². The van der Waals surface area contributed by atoms with Gasteiger partial charge in [0.15, 0.2) is 0 Å². The summed E-state index contributed by atoms with van der Waals surface area (Å²) in [5.41, 5.74) is 8.08. The summed E-state index contributed by atoms with van der Waals surface area (Å²) in [5.74, 6) is 1.97. The van der Waals surface area contributed by atoms with E-state index in [1.54, 1.807) is 0 Å². The standard InChI is InChI=1S/C26H28O/c1-3-4-5-6-8-20-12-14-21(15-13-20)24-10-7-9-22-17-23(18-25(22)24)26-16-11-19(2)27-26/h7,9-16,18H,3-6,8,17H2,1-2H3. The molecular formula is C26H28O. The molecule has 1 nitrogen and oxygen atoms in total. The van der Waals surface area contributed by atoms with Crippen LogP contribution in [0, 0.1) is 6.92 Å².